The van der Waals surface area contributed by atoms with Crippen LogP contribution in [0, 0.1) is 5.92 Å². The Balaban J connectivity index is 1.85. The molecule has 0 unspecified atom stereocenters. The fraction of sp³-hybridized carbons (Fsp3) is 0.100. The molecule has 104 valence electrons. The number of benzene rings is 1. The number of hydrogen-bond acceptors (Lipinski definition) is 2. The number of carbonyl (C=O) groups excluding carboxylic acids is 2. The van der Waals surface area contributed by atoms with Crippen molar-refractivity contribution in [3.8, 4) is 0 Å². The molecule has 5 rings (SSSR count). The van der Waals surface area contributed by atoms with Crippen molar-refractivity contribution in [3.63, 3.8) is 0 Å². The third kappa shape index (κ3) is 1.30. The molecule has 0 saturated carbocycles. The van der Waals surface area contributed by atoms with Crippen LogP contribution in [-0.2, 0) is 4.79 Å². The van der Waals surface area contributed by atoms with Gasteiger partial charge in [-0.15, -0.1) is 0 Å². The summed E-state index contributed by atoms with van der Waals surface area (Å²) >= 11 is 0. The minimum atomic E-state index is -0.232. The highest BCUT2D eigenvalue weighted by atomic mass is 16.1. The van der Waals surface area contributed by atoms with Crippen LogP contribution in [0.2, 0.25) is 0 Å². The Morgan fingerprint density at radius 3 is 2.50 bits per heavy atom. The van der Waals surface area contributed by atoms with Gasteiger partial charge in [-0.2, -0.15) is 0 Å². The highest BCUT2D eigenvalue weighted by Gasteiger charge is 2.40. The van der Waals surface area contributed by atoms with E-state index in [1.54, 1.807) is 6.08 Å². The quantitative estimate of drug-likeness (QED) is 0.731. The van der Waals surface area contributed by atoms with Crippen molar-refractivity contribution >= 4 is 11.6 Å². The van der Waals surface area contributed by atoms with Crippen LogP contribution in [0.15, 0.2) is 83.0 Å². The van der Waals surface area contributed by atoms with E-state index in [1.165, 1.54) is 0 Å². The highest BCUT2D eigenvalue weighted by Crippen LogP contribution is 2.50. The highest BCUT2D eigenvalue weighted by molar-refractivity contribution is 6.16. The second-order valence-electron chi connectivity index (χ2n) is 6.02. The van der Waals surface area contributed by atoms with Crippen molar-refractivity contribution in [2.75, 3.05) is 0 Å². The predicted molar refractivity (Wildman–Crippen MR) is 83.5 cm³/mol. The Hall–Kier alpha value is -2.74. The van der Waals surface area contributed by atoms with Gasteiger partial charge < -0.3 is 0 Å². The lowest BCUT2D eigenvalue weighted by Gasteiger charge is -2.37. The first-order chi connectivity index (χ1) is 10.8. The molecule has 0 N–H and O–H groups in total. The number of fused-ring (bicyclic) bond motifs is 2. The molecule has 0 heterocycles. The minimum Gasteiger partial charge on any atom is -0.294 e. The maximum atomic E-state index is 12.8. The SMILES string of the molecule is O=C1C2=C3C4=C(C=CC(=O)[C@H]4C=C2)C=C[C@@H]3c2ccccc21. The zero-order chi connectivity index (χ0) is 14.8. The van der Waals surface area contributed by atoms with Crippen LogP contribution < -0.4 is 0 Å². The topological polar surface area (TPSA) is 34.1 Å². The normalized spacial score (nSPS) is 27.3. The fourth-order valence-corrected chi connectivity index (χ4v) is 3.98. The molecule has 2 heteroatoms. The summed E-state index contributed by atoms with van der Waals surface area (Å²) in [5, 5.41) is 0. The first kappa shape index (κ1) is 11.9. The van der Waals surface area contributed by atoms with Gasteiger partial charge in [0.2, 0.25) is 0 Å². The average molecular weight is 284 g/mol. The molecule has 4 aliphatic rings. The Morgan fingerprint density at radius 1 is 0.773 bits per heavy atom. The second-order valence-corrected chi connectivity index (χ2v) is 6.02. The molecule has 2 nitrogen and oxygen atoms in total. The lowest BCUT2D eigenvalue weighted by Crippen LogP contribution is -2.30. The molecule has 1 aromatic carbocycles. The Bertz CT molecular complexity index is 919. The van der Waals surface area contributed by atoms with Crippen molar-refractivity contribution in [2.45, 2.75) is 5.92 Å². The second kappa shape index (κ2) is 3.92. The van der Waals surface area contributed by atoms with Crippen molar-refractivity contribution in [1.82, 2.24) is 0 Å². The molecular weight excluding hydrogens is 272 g/mol. The van der Waals surface area contributed by atoms with Crippen molar-refractivity contribution in [3.05, 3.63) is 94.1 Å². The van der Waals surface area contributed by atoms with Gasteiger partial charge in [-0.1, -0.05) is 54.6 Å². The molecule has 1 aromatic rings. The van der Waals surface area contributed by atoms with Crippen molar-refractivity contribution < 1.29 is 9.59 Å². The van der Waals surface area contributed by atoms with Crippen LogP contribution in [0.1, 0.15) is 21.8 Å². The van der Waals surface area contributed by atoms with E-state index in [-0.39, 0.29) is 23.4 Å². The number of hydrogen-bond donors (Lipinski definition) is 0. The van der Waals surface area contributed by atoms with Gasteiger partial charge in [-0.25, -0.2) is 0 Å². The zero-order valence-corrected chi connectivity index (χ0v) is 11.7. The maximum Gasteiger partial charge on any atom is 0.193 e. The largest absolute Gasteiger partial charge is 0.294 e. The molecule has 0 aromatic heterocycles. The smallest absolute Gasteiger partial charge is 0.193 e. The van der Waals surface area contributed by atoms with Crippen LogP contribution in [-0.4, -0.2) is 11.6 Å². The fourth-order valence-electron chi connectivity index (χ4n) is 3.98. The first-order valence-electron chi connectivity index (χ1n) is 7.46. The minimum absolute atomic E-state index is 0.0701. The standard InChI is InChI=1S/C20H12O2/c21-17-10-6-11-5-7-13-12-3-1-2-4-14(12)20(22)16-9-8-15(17)18(11)19(13)16/h1-10,13,15H/t13-,15-/m1/s1. The maximum absolute atomic E-state index is 12.8. The van der Waals surface area contributed by atoms with E-state index in [9.17, 15) is 9.59 Å². The van der Waals surface area contributed by atoms with E-state index < -0.39 is 0 Å². The molecule has 22 heavy (non-hydrogen) atoms. The van der Waals surface area contributed by atoms with Crippen LogP contribution in [0.25, 0.3) is 0 Å². The molecule has 0 spiro atoms. The van der Waals surface area contributed by atoms with E-state index in [2.05, 4.69) is 12.2 Å². The van der Waals surface area contributed by atoms with E-state index >= 15 is 0 Å². The summed E-state index contributed by atoms with van der Waals surface area (Å²) in [4.78, 5) is 25.0. The van der Waals surface area contributed by atoms with Crippen molar-refractivity contribution in [1.29, 1.82) is 0 Å². The molecule has 2 atom stereocenters. The number of allylic oxidation sites excluding steroid dienone is 10. The molecule has 0 amide bonds. The monoisotopic (exact) mass is 284 g/mol. The van der Waals surface area contributed by atoms with E-state index in [4.69, 9.17) is 0 Å². The predicted octanol–water partition coefficient (Wildman–Crippen LogP) is 3.45. The van der Waals surface area contributed by atoms with Crippen LogP contribution in [0.4, 0.5) is 0 Å². The lowest BCUT2D eigenvalue weighted by atomic mass is 9.64. The van der Waals surface area contributed by atoms with Crippen LogP contribution in [0.5, 0.6) is 0 Å². The molecule has 0 saturated heterocycles. The first-order valence-corrected chi connectivity index (χ1v) is 7.46. The van der Waals surface area contributed by atoms with E-state index in [1.807, 2.05) is 42.5 Å². The summed E-state index contributed by atoms with van der Waals surface area (Å²) in [6, 6.07) is 7.79. The van der Waals surface area contributed by atoms with Gasteiger partial charge in [0.25, 0.3) is 0 Å². The molecular formula is C20H12O2. The number of rotatable bonds is 0. The summed E-state index contributed by atoms with van der Waals surface area (Å²) in [6.45, 7) is 0. The van der Waals surface area contributed by atoms with Gasteiger partial charge in [-0.05, 0) is 28.4 Å². The Morgan fingerprint density at radius 2 is 1.59 bits per heavy atom. The number of carbonyl (C=O) groups is 2. The van der Waals surface area contributed by atoms with Crippen LogP contribution >= 0.6 is 0 Å². The molecule has 0 aliphatic heterocycles. The molecule has 0 bridgehead atoms. The Kier molecular flexibility index (Phi) is 2.11. The van der Waals surface area contributed by atoms with Gasteiger partial charge >= 0.3 is 0 Å². The van der Waals surface area contributed by atoms with Gasteiger partial charge in [0.1, 0.15) is 0 Å². The third-order valence-electron chi connectivity index (χ3n) is 4.96. The summed E-state index contributed by atoms with van der Waals surface area (Å²) < 4.78 is 0. The zero-order valence-electron chi connectivity index (χ0n) is 11.7. The summed E-state index contributed by atoms with van der Waals surface area (Å²) in [7, 11) is 0. The van der Waals surface area contributed by atoms with Gasteiger partial charge in [-0.3, -0.25) is 9.59 Å². The Labute approximate surface area is 127 Å². The van der Waals surface area contributed by atoms with Gasteiger partial charge in [0, 0.05) is 17.1 Å². The summed E-state index contributed by atoms with van der Waals surface area (Å²) in [6.07, 6.45) is 11.5. The number of ketones is 2. The van der Waals surface area contributed by atoms with E-state index in [0.717, 1.165) is 33.4 Å². The van der Waals surface area contributed by atoms with Crippen molar-refractivity contribution in [2.24, 2.45) is 5.92 Å². The van der Waals surface area contributed by atoms with Gasteiger partial charge in [0.05, 0.1) is 5.92 Å². The van der Waals surface area contributed by atoms with E-state index in [0.29, 0.717) is 0 Å². The third-order valence-corrected chi connectivity index (χ3v) is 4.96. The molecule has 4 aliphatic carbocycles. The lowest BCUT2D eigenvalue weighted by molar-refractivity contribution is -0.116. The summed E-state index contributed by atoms with van der Waals surface area (Å²) in [5.74, 6) is 0.0151. The average Bonchev–Trinajstić information content (AvgIpc) is 2.57. The van der Waals surface area contributed by atoms with Crippen LogP contribution in [0.3, 0.4) is 0 Å². The molecule has 0 fully saturated rings. The van der Waals surface area contributed by atoms with Gasteiger partial charge in [0.15, 0.2) is 11.6 Å². The number of Topliss-reactive ketones (excluding diaryl/α,β-unsaturated/α-hetero) is 1. The summed E-state index contributed by atoms with van der Waals surface area (Å²) in [5.41, 5.74) is 5.70. The molecule has 0 radical (unpaired) electrons.